The number of sulfone groups is 1. The molecular weight excluding hydrogens is 444 g/mol. The zero-order chi connectivity index (χ0) is 23.0. The van der Waals surface area contributed by atoms with E-state index in [4.69, 9.17) is 11.6 Å². The van der Waals surface area contributed by atoms with Crippen LogP contribution >= 0.6 is 11.6 Å². The molecule has 0 saturated carbocycles. The molecule has 1 saturated heterocycles. The van der Waals surface area contributed by atoms with Crippen LogP contribution in [0.2, 0.25) is 5.02 Å². The van der Waals surface area contributed by atoms with Crippen LogP contribution in [0, 0.1) is 5.92 Å². The van der Waals surface area contributed by atoms with E-state index in [1.165, 1.54) is 26.0 Å². The van der Waals surface area contributed by atoms with Crippen molar-refractivity contribution in [3.8, 4) is 11.1 Å². The third-order valence-corrected chi connectivity index (χ3v) is 7.34. The lowest BCUT2D eigenvalue weighted by atomic mass is 10.0. The summed E-state index contributed by atoms with van der Waals surface area (Å²) in [5, 5.41) is 12.3. The molecule has 0 aliphatic carbocycles. The molecule has 0 aromatic heterocycles. The van der Waals surface area contributed by atoms with Crippen LogP contribution in [0.4, 0.5) is 4.79 Å². The minimum absolute atomic E-state index is 0.0299. The topological polar surface area (TPSA) is 121 Å². The van der Waals surface area contributed by atoms with E-state index in [-0.39, 0.29) is 4.90 Å². The van der Waals surface area contributed by atoms with Gasteiger partial charge >= 0.3 is 12.0 Å². The number of carbonyl (C=O) groups is 3. The summed E-state index contributed by atoms with van der Waals surface area (Å²) in [7, 11) is -3.97. The third-order valence-electron chi connectivity index (χ3n) is 5.26. The minimum Gasteiger partial charge on any atom is -0.481 e. The van der Waals surface area contributed by atoms with Crippen LogP contribution in [-0.4, -0.2) is 54.2 Å². The van der Waals surface area contributed by atoms with Gasteiger partial charge in [0.25, 0.3) is 5.91 Å². The molecule has 3 amide bonds. The highest BCUT2D eigenvalue weighted by atomic mass is 35.5. The lowest BCUT2D eigenvalue weighted by molar-refractivity contribution is -0.142. The largest absolute Gasteiger partial charge is 0.481 e. The number of carbonyl (C=O) groups excluding carboxylic acids is 2. The number of nitrogens with zero attached hydrogens (tertiary/aromatic N) is 1. The molecule has 8 nitrogen and oxygen atoms in total. The molecule has 1 aliphatic heterocycles. The van der Waals surface area contributed by atoms with Crippen LogP contribution in [0.1, 0.15) is 13.8 Å². The van der Waals surface area contributed by atoms with Crippen molar-refractivity contribution in [3.63, 3.8) is 0 Å². The second-order valence-electron chi connectivity index (χ2n) is 7.78. The lowest BCUT2D eigenvalue weighted by Crippen LogP contribution is -2.48. The summed E-state index contributed by atoms with van der Waals surface area (Å²) in [6, 6.07) is 12.4. The SMILES string of the molecule is CC1(C)C(=O)NC(=O)N1CC(CS(=O)(=O)c1ccc(-c2ccc(Cl)cc2)cc1)C(=O)O. The molecule has 1 heterocycles. The van der Waals surface area contributed by atoms with E-state index in [1.807, 2.05) is 0 Å². The first-order valence-electron chi connectivity index (χ1n) is 9.36. The Morgan fingerprint density at radius 3 is 2.03 bits per heavy atom. The molecule has 2 N–H and O–H groups in total. The summed E-state index contributed by atoms with van der Waals surface area (Å²) in [6.45, 7) is 2.52. The highest BCUT2D eigenvalue weighted by Crippen LogP contribution is 2.26. The van der Waals surface area contributed by atoms with E-state index in [0.29, 0.717) is 5.02 Å². The second-order valence-corrected chi connectivity index (χ2v) is 10.2. The van der Waals surface area contributed by atoms with Crippen molar-refractivity contribution in [1.29, 1.82) is 0 Å². The molecule has 3 rings (SSSR count). The van der Waals surface area contributed by atoms with Gasteiger partial charge in [0.05, 0.1) is 16.6 Å². The Labute approximate surface area is 184 Å². The van der Waals surface area contributed by atoms with Crippen LogP contribution in [-0.2, 0) is 19.4 Å². The first-order chi connectivity index (χ1) is 14.4. The number of carboxylic acids is 1. The molecule has 2 aromatic rings. The maximum Gasteiger partial charge on any atom is 0.325 e. The average Bonchev–Trinajstić information content (AvgIpc) is 2.89. The van der Waals surface area contributed by atoms with Crippen molar-refractivity contribution in [2.24, 2.45) is 5.92 Å². The van der Waals surface area contributed by atoms with E-state index in [2.05, 4.69) is 5.32 Å². The number of hydrogen-bond donors (Lipinski definition) is 2. The fraction of sp³-hybridized carbons (Fsp3) is 0.286. The van der Waals surface area contributed by atoms with Gasteiger partial charge in [-0.15, -0.1) is 0 Å². The van der Waals surface area contributed by atoms with Gasteiger partial charge in [-0.3, -0.25) is 14.9 Å². The fourth-order valence-corrected chi connectivity index (χ4v) is 4.93. The number of rotatable bonds is 7. The van der Waals surface area contributed by atoms with Gasteiger partial charge in [0, 0.05) is 11.6 Å². The van der Waals surface area contributed by atoms with Gasteiger partial charge in [0.15, 0.2) is 9.84 Å². The monoisotopic (exact) mass is 464 g/mol. The van der Waals surface area contributed by atoms with Crippen LogP contribution in [0.25, 0.3) is 11.1 Å². The van der Waals surface area contributed by atoms with Gasteiger partial charge in [0.2, 0.25) is 0 Å². The predicted molar refractivity (Wildman–Crippen MR) is 114 cm³/mol. The van der Waals surface area contributed by atoms with Gasteiger partial charge < -0.3 is 10.0 Å². The summed E-state index contributed by atoms with van der Waals surface area (Å²) in [4.78, 5) is 36.7. The first-order valence-corrected chi connectivity index (χ1v) is 11.4. The van der Waals surface area contributed by atoms with Gasteiger partial charge in [-0.05, 0) is 49.2 Å². The third kappa shape index (κ3) is 4.72. The van der Waals surface area contributed by atoms with E-state index in [0.717, 1.165) is 16.0 Å². The van der Waals surface area contributed by atoms with Gasteiger partial charge in [-0.25, -0.2) is 13.2 Å². The zero-order valence-corrected chi connectivity index (χ0v) is 18.4. The molecule has 0 spiro atoms. The molecule has 0 radical (unpaired) electrons. The maximum atomic E-state index is 12.9. The fourth-order valence-electron chi connectivity index (χ4n) is 3.29. The number of nitrogens with one attached hydrogen (secondary N) is 1. The number of urea groups is 1. The Morgan fingerprint density at radius 2 is 1.58 bits per heavy atom. The van der Waals surface area contributed by atoms with Crippen molar-refractivity contribution in [1.82, 2.24) is 10.2 Å². The summed E-state index contributed by atoms with van der Waals surface area (Å²) in [5.41, 5.74) is 0.359. The van der Waals surface area contributed by atoms with Crippen LogP contribution in [0.15, 0.2) is 53.4 Å². The number of carboxylic acid groups (broad SMARTS) is 1. The van der Waals surface area contributed by atoms with Crippen molar-refractivity contribution >= 4 is 39.3 Å². The highest BCUT2D eigenvalue weighted by molar-refractivity contribution is 7.91. The minimum atomic E-state index is -3.97. The predicted octanol–water partition coefficient (Wildman–Crippen LogP) is 2.81. The average molecular weight is 465 g/mol. The van der Waals surface area contributed by atoms with Crippen molar-refractivity contribution in [2.75, 3.05) is 12.3 Å². The standard InChI is InChI=1S/C21H21ClN2O6S/c1-21(2)19(27)23-20(28)24(21)11-15(18(25)26)12-31(29,30)17-9-5-14(6-10-17)13-3-7-16(22)8-4-13/h3-10,15H,11-12H2,1-2H3,(H,25,26)(H,23,27,28). The smallest absolute Gasteiger partial charge is 0.325 e. The van der Waals surface area contributed by atoms with Gasteiger partial charge in [0.1, 0.15) is 5.54 Å². The van der Waals surface area contributed by atoms with Crippen LogP contribution in [0.5, 0.6) is 0 Å². The van der Waals surface area contributed by atoms with E-state index in [1.54, 1.807) is 36.4 Å². The number of benzene rings is 2. The molecule has 1 fully saturated rings. The Hall–Kier alpha value is -2.91. The molecule has 2 aromatic carbocycles. The number of hydrogen-bond acceptors (Lipinski definition) is 5. The van der Waals surface area contributed by atoms with Gasteiger partial charge in [-0.1, -0.05) is 35.9 Å². The van der Waals surface area contributed by atoms with Gasteiger partial charge in [-0.2, -0.15) is 0 Å². The number of amides is 3. The normalized spacial score (nSPS) is 16.8. The second kappa shape index (κ2) is 8.32. The molecule has 31 heavy (non-hydrogen) atoms. The van der Waals surface area contributed by atoms with Crippen molar-refractivity contribution in [2.45, 2.75) is 24.3 Å². The highest BCUT2D eigenvalue weighted by Gasteiger charge is 2.47. The summed E-state index contributed by atoms with van der Waals surface area (Å²) in [6.07, 6.45) is 0. The molecule has 1 atom stereocenters. The molecule has 0 bridgehead atoms. The van der Waals surface area contributed by atoms with Crippen molar-refractivity contribution < 1.29 is 27.9 Å². The molecule has 10 heteroatoms. The van der Waals surface area contributed by atoms with Crippen LogP contribution < -0.4 is 5.32 Å². The summed E-state index contributed by atoms with van der Waals surface area (Å²) in [5.74, 6) is -4.06. The Kier molecular flexibility index (Phi) is 6.11. The quantitative estimate of drug-likeness (QED) is 0.608. The number of aliphatic carboxylic acids is 1. The Balaban J connectivity index is 1.80. The Morgan fingerprint density at radius 1 is 1.06 bits per heavy atom. The molecule has 164 valence electrons. The number of imide groups is 1. The first kappa shape index (κ1) is 22.8. The molecule has 1 aliphatic rings. The van der Waals surface area contributed by atoms with Crippen LogP contribution in [0.3, 0.4) is 0 Å². The summed E-state index contributed by atoms with van der Waals surface area (Å²) >= 11 is 5.88. The zero-order valence-electron chi connectivity index (χ0n) is 16.8. The number of halogens is 1. The van der Waals surface area contributed by atoms with E-state index < -0.39 is 51.5 Å². The Bertz CT molecular complexity index is 1130. The van der Waals surface area contributed by atoms with Crippen molar-refractivity contribution in [3.05, 3.63) is 53.6 Å². The lowest BCUT2D eigenvalue weighted by Gasteiger charge is -2.30. The van der Waals surface area contributed by atoms with E-state index >= 15 is 0 Å². The molecule has 1 unspecified atom stereocenters. The maximum absolute atomic E-state index is 12.9. The van der Waals surface area contributed by atoms with E-state index in [9.17, 15) is 27.9 Å². The molecular formula is C21H21ClN2O6S. The summed E-state index contributed by atoms with van der Waals surface area (Å²) < 4.78 is 25.7.